The minimum absolute atomic E-state index is 0.0162. The molecule has 0 aliphatic heterocycles. The number of hydrogen-bond donors (Lipinski definition) is 3. The fraction of sp³-hybridized carbons (Fsp3) is 0.458. The quantitative estimate of drug-likeness (QED) is 0.233. The number of rotatable bonds is 10. The molecule has 4 rings (SSSR count). The molecular formula is C24H28ClF3N8O3. The lowest BCUT2D eigenvalue weighted by Crippen LogP contribution is -2.33. The van der Waals surface area contributed by atoms with Gasteiger partial charge in [0.15, 0.2) is 0 Å². The first-order valence-electron chi connectivity index (χ1n) is 12.3. The van der Waals surface area contributed by atoms with E-state index >= 15 is 0 Å². The maximum Gasteiger partial charge on any atom is 0.573 e. The summed E-state index contributed by atoms with van der Waals surface area (Å²) in [5.74, 6) is -0.557. The van der Waals surface area contributed by atoms with Gasteiger partial charge < -0.3 is 21.1 Å². The predicted octanol–water partition coefficient (Wildman–Crippen LogP) is 4.76. The van der Waals surface area contributed by atoms with E-state index in [0.29, 0.717) is 18.0 Å². The summed E-state index contributed by atoms with van der Waals surface area (Å²) in [7, 11) is 1.81. The molecular weight excluding hydrogens is 541 g/mol. The van der Waals surface area contributed by atoms with Crippen LogP contribution in [0.1, 0.15) is 42.6 Å². The fourth-order valence-electron chi connectivity index (χ4n) is 4.70. The molecule has 1 aromatic carbocycles. The van der Waals surface area contributed by atoms with Crippen molar-refractivity contribution in [2.45, 2.75) is 57.6 Å². The van der Waals surface area contributed by atoms with E-state index in [2.05, 4.69) is 30.4 Å². The number of nitrogen functional groups attached to an aromatic ring is 1. The maximum atomic E-state index is 12.7. The number of nitro groups is 1. The topological polar surface area (TPSA) is 146 Å². The zero-order valence-corrected chi connectivity index (χ0v) is 21.8. The van der Waals surface area contributed by atoms with Gasteiger partial charge in [-0.15, -0.1) is 13.2 Å². The molecule has 4 N–H and O–H groups in total. The van der Waals surface area contributed by atoms with E-state index < -0.39 is 11.3 Å². The predicted molar refractivity (Wildman–Crippen MR) is 138 cm³/mol. The third-order valence-electron chi connectivity index (χ3n) is 6.54. The van der Waals surface area contributed by atoms with Gasteiger partial charge in [0.05, 0.1) is 15.6 Å². The van der Waals surface area contributed by atoms with Crippen molar-refractivity contribution in [2.75, 3.05) is 11.1 Å². The van der Waals surface area contributed by atoms with Gasteiger partial charge >= 0.3 is 12.0 Å². The Balaban J connectivity index is 1.40. The Morgan fingerprint density at radius 3 is 2.54 bits per heavy atom. The Hall–Kier alpha value is -3.65. The molecule has 0 bridgehead atoms. The molecule has 11 nitrogen and oxygen atoms in total. The van der Waals surface area contributed by atoms with E-state index in [4.69, 9.17) is 17.3 Å². The molecule has 1 fully saturated rings. The van der Waals surface area contributed by atoms with Gasteiger partial charge in [-0.1, -0.05) is 29.8 Å². The van der Waals surface area contributed by atoms with Crippen LogP contribution in [0.25, 0.3) is 0 Å². The Kier molecular flexibility index (Phi) is 8.75. The standard InChI is InChI=1S/C24H28ClF3N8O3/c1-35-13-17(25)19(34-35)12-30-16-8-6-14(7-9-16)10-18-21(36(37)38)22(29)33-23(32-18)31-11-15-4-2-3-5-20(15)39-24(26,27)28/h2-5,13-14,16,30H,6-12H2,1H3,(H3,29,31,32,33)/t14-,16-. The van der Waals surface area contributed by atoms with Crippen molar-refractivity contribution < 1.29 is 22.8 Å². The number of nitrogens with two attached hydrogens (primary N) is 1. The molecule has 2 heterocycles. The average Bonchev–Trinajstić information content (AvgIpc) is 3.18. The maximum absolute atomic E-state index is 12.7. The Morgan fingerprint density at radius 2 is 1.90 bits per heavy atom. The van der Waals surface area contributed by atoms with Crippen LogP contribution in [0.4, 0.5) is 30.6 Å². The molecule has 0 amide bonds. The van der Waals surface area contributed by atoms with Crippen molar-refractivity contribution in [3.63, 3.8) is 0 Å². The third-order valence-corrected chi connectivity index (χ3v) is 6.86. The monoisotopic (exact) mass is 568 g/mol. The van der Waals surface area contributed by atoms with E-state index in [0.717, 1.165) is 31.4 Å². The van der Waals surface area contributed by atoms with Crippen molar-refractivity contribution in [2.24, 2.45) is 13.0 Å². The summed E-state index contributed by atoms with van der Waals surface area (Å²) in [6, 6.07) is 5.89. The first kappa shape index (κ1) is 28.4. The second kappa shape index (κ2) is 12.0. The third kappa shape index (κ3) is 7.69. The van der Waals surface area contributed by atoms with Gasteiger partial charge in [-0.3, -0.25) is 14.8 Å². The van der Waals surface area contributed by atoms with Crippen LogP contribution in [-0.2, 0) is 26.6 Å². The molecule has 15 heteroatoms. The fourth-order valence-corrected chi connectivity index (χ4v) is 4.95. The molecule has 1 saturated carbocycles. The molecule has 0 radical (unpaired) electrons. The van der Waals surface area contributed by atoms with Crippen LogP contribution in [0.5, 0.6) is 5.75 Å². The van der Waals surface area contributed by atoms with Crippen molar-refractivity contribution in [1.82, 2.24) is 25.1 Å². The molecule has 3 aromatic rings. The lowest BCUT2D eigenvalue weighted by Gasteiger charge is -2.29. The van der Waals surface area contributed by atoms with Crippen LogP contribution >= 0.6 is 11.6 Å². The number of anilines is 2. The molecule has 0 atom stereocenters. The van der Waals surface area contributed by atoms with Crippen LogP contribution in [0.15, 0.2) is 30.5 Å². The number of ether oxygens (including phenoxy) is 1. The van der Waals surface area contributed by atoms with E-state index in [1.165, 1.54) is 18.2 Å². The van der Waals surface area contributed by atoms with E-state index in [9.17, 15) is 23.3 Å². The summed E-state index contributed by atoms with van der Waals surface area (Å²) in [5.41, 5.74) is 6.72. The number of nitrogens with zero attached hydrogens (tertiary/aromatic N) is 5. The summed E-state index contributed by atoms with van der Waals surface area (Å²) >= 11 is 6.18. The zero-order chi connectivity index (χ0) is 28.2. The largest absolute Gasteiger partial charge is 0.573 e. The Morgan fingerprint density at radius 1 is 1.18 bits per heavy atom. The smallest absolute Gasteiger partial charge is 0.405 e. The minimum Gasteiger partial charge on any atom is -0.405 e. The van der Waals surface area contributed by atoms with Gasteiger partial charge in [-0.25, -0.2) is 4.98 Å². The van der Waals surface area contributed by atoms with E-state index in [-0.39, 0.29) is 53.0 Å². The molecule has 0 saturated heterocycles. The molecule has 2 aromatic heterocycles. The number of nitrogens with one attached hydrogen (secondary N) is 2. The summed E-state index contributed by atoms with van der Waals surface area (Å²) < 4.78 is 43.9. The van der Waals surface area contributed by atoms with Crippen LogP contribution in [0.2, 0.25) is 5.02 Å². The lowest BCUT2D eigenvalue weighted by molar-refractivity contribution is -0.385. The summed E-state index contributed by atoms with van der Waals surface area (Å²) in [4.78, 5) is 19.4. The highest BCUT2D eigenvalue weighted by Gasteiger charge is 2.32. The van der Waals surface area contributed by atoms with Crippen LogP contribution < -0.4 is 21.1 Å². The number of benzene rings is 1. The first-order valence-corrected chi connectivity index (χ1v) is 12.7. The van der Waals surface area contributed by atoms with Crippen molar-refractivity contribution in [3.05, 3.63) is 62.6 Å². The highest BCUT2D eigenvalue weighted by Crippen LogP contribution is 2.33. The highest BCUT2D eigenvalue weighted by molar-refractivity contribution is 6.31. The SMILES string of the molecule is Cn1cc(Cl)c(CN[C@H]2CC[C@H](Cc3nc(NCc4ccccc4OC(F)(F)F)nc(N)c3[N+](=O)[O-])CC2)n1. The van der Waals surface area contributed by atoms with Gasteiger partial charge in [0, 0.05) is 37.9 Å². The number of hydrogen-bond acceptors (Lipinski definition) is 9. The van der Waals surface area contributed by atoms with Crippen LogP contribution in [-0.4, -0.2) is 37.1 Å². The second-order valence-electron chi connectivity index (χ2n) is 9.39. The molecule has 39 heavy (non-hydrogen) atoms. The number of alkyl halides is 3. The second-order valence-corrected chi connectivity index (χ2v) is 9.80. The zero-order valence-electron chi connectivity index (χ0n) is 21.0. The molecule has 1 aliphatic carbocycles. The summed E-state index contributed by atoms with van der Waals surface area (Å²) in [6.45, 7) is 0.440. The normalized spacial score (nSPS) is 17.7. The molecule has 1 aliphatic rings. The van der Waals surface area contributed by atoms with Crippen LogP contribution in [0.3, 0.4) is 0 Å². The average molecular weight is 569 g/mol. The van der Waals surface area contributed by atoms with Gasteiger partial charge in [0.1, 0.15) is 11.4 Å². The summed E-state index contributed by atoms with van der Waals surface area (Å²) in [6.07, 6.45) is 0.587. The van der Waals surface area contributed by atoms with Crippen LogP contribution in [0, 0.1) is 16.0 Å². The van der Waals surface area contributed by atoms with Gasteiger partial charge in [-0.2, -0.15) is 10.1 Å². The first-order chi connectivity index (χ1) is 18.5. The molecule has 0 unspecified atom stereocenters. The number of aryl methyl sites for hydroxylation is 1. The molecule has 210 valence electrons. The molecule has 0 spiro atoms. The lowest BCUT2D eigenvalue weighted by atomic mass is 9.83. The summed E-state index contributed by atoms with van der Waals surface area (Å²) in [5, 5.41) is 23.0. The highest BCUT2D eigenvalue weighted by atomic mass is 35.5. The number of aromatic nitrogens is 4. The minimum atomic E-state index is -4.85. The van der Waals surface area contributed by atoms with Crippen molar-refractivity contribution in [1.29, 1.82) is 0 Å². The Labute approximate surface area is 227 Å². The Bertz CT molecular complexity index is 1310. The number of halogens is 4. The van der Waals surface area contributed by atoms with E-state index in [1.54, 1.807) is 16.9 Å². The van der Waals surface area contributed by atoms with Gasteiger partial charge in [-0.05, 0) is 44.1 Å². The van der Waals surface area contributed by atoms with Gasteiger partial charge in [0.2, 0.25) is 11.8 Å². The van der Waals surface area contributed by atoms with E-state index in [1.807, 2.05) is 7.05 Å². The number of para-hydroxylation sites is 1. The van der Waals surface area contributed by atoms with Crippen molar-refractivity contribution in [3.8, 4) is 5.75 Å². The van der Waals surface area contributed by atoms with Gasteiger partial charge in [0.25, 0.3) is 0 Å². The van der Waals surface area contributed by atoms with Crippen molar-refractivity contribution >= 4 is 29.1 Å².